The first kappa shape index (κ1) is 11.7. The molecule has 0 spiro atoms. The number of aromatic hydroxyl groups is 1. The van der Waals surface area contributed by atoms with Crippen LogP contribution < -0.4 is 0 Å². The van der Waals surface area contributed by atoms with Crippen LogP contribution in [0.1, 0.15) is 10.6 Å². The van der Waals surface area contributed by atoms with Crippen LogP contribution in [0.15, 0.2) is 24.3 Å². The molecule has 18 heavy (non-hydrogen) atoms. The molecule has 1 N–H and O–H groups in total. The summed E-state index contributed by atoms with van der Waals surface area (Å²) >= 11 is 1.35. The zero-order chi connectivity index (χ0) is 12.8. The van der Waals surface area contributed by atoms with Gasteiger partial charge in [-0.1, -0.05) is 12.1 Å². The third kappa shape index (κ3) is 2.02. The third-order valence-electron chi connectivity index (χ3n) is 2.91. The van der Waals surface area contributed by atoms with E-state index in [0.717, 1.165) is 10.6 Å². The van der Waals surface area contributed by atoms with Gasteiger partial charge in [0.05, 0.1) is 22.8 Å². The molecule has 0 bridgehead atoms. The average Bonchev–Trinajstić information content (AvgIpc) is 2.70. The summed E-state index contributed by atoms with van der Waals surface area (Å²) in [6, 6.07) is 6.96. The number of benzene rings is 1. The molecule has 2 aromatic rings. The molecule has 0 radical (unpaired) electrons. The highest BCUT2D eigenvalue weighted by molar-refractivity contribution is 7.90. The number of para-hydroxylation sites is 1. The highest BCUT2D eigenvalue weighted by Gasteiger charge is 2.25. The molecule has 3 rings (SSSR count). The van der Waals surface area contributed by atoms with E-state index in [-0.39, 0.29) is 17.3 Å². The van der Waals surface area contributed by atoms with Gasteiger partial charge >= 0.3 is 0 Å². The first-order valence-corrected chi connectivity index (χ1v) is 8.16. The van der Waals surface area contributed by atoms with Crippen LogP contribution in [0.25, 0.3) is 10.6 Å². The van der Waals surface area contributed by atoms with Crippen LogP contribution in [-0.4, -0.2) is 24.3 Å². The maximum Gasteiger partial charge on any atom is 0.155 e. The minimum absolute atomic E-state index is 0.0770. The maximum atomic E-state index is 11.6. The first-order chi connectivity index (χ1) is 8.55. The zero-order valence-corrected chi connectivity index (χ0v) is 11.1. The van der Waals surface area contributed by atoms with Crippen molar-refractivity contribution in [3.05, 3.63) is 34.8 Å². The summed E-state index contributed by atoms with van der Waals surface area (Å²) in [7, 11) is -2.97. The molecule has 6 heteroatoms. The second kappa shape index (κ2) is 4.07. The number of phenols is 1. The Labute approximate surface area is 109 Å². The van der Waals surface area contributed by atoms with Crippen molar-refractivity contribution in [3.63, 3.8) is 0 Å². The van der Waals surface area contributed by atoms with Crippen molar-refractivity contribution in [2.45, 2.75) is 12.2 Å². The minimum atomic E-state index is -2.97. The highest BCUT2D eigenvalue weighted by Crippen LogP contribution is 2.36. The van der Waals surface area contributed by atoms with Crippen molar-refractivity contribution in [1.82, 2.24) is 4.98 Å². The van der Waals surface area contributed by atoms with E-state index in [1.807, 2.05) is 6.07 Å². The van der Waals surface area contributed by atoms with Crippen molar-refractivity contribution >= 4 is 21.2 Å². The standard InChI is InChI=1S/C12H11NO3S2/c14-10-4-2-1-3-8(10)12-13-9-5-6-18(15,16)7-11(9)17-12/h1-4,14H,5-7H2. The van der Waals surface area contributed by atoms with E-state index >= 15 is 0 Å². The molecule has 1 aromatic heterocycles. The quantitative estimate of drug-likeness (QED) is 0.868. The summed E-state index contributed by atoms with van der Waals surface area (Å²) in [6.07, 6.45) is 0.474. The summed E-state index contributed by atoms with van der Waals surface area (Å²) in [6.45, 7) is 0. The molecule has 4 nitrogen and oxygen atoms in total. The van der Waals surface area contributed by atoms with Crippen molar-refractivity contribution < 1.29 is 13.5 Å². The zero-order valence-electron chi connectivity index (χ0n) is 9.46. The molecule has 1 aromatic carbocycles. The van der Waals surface area contributed by atoms with E-state index in [9.17, 15) is 13.5 Å². The number of sulfone groups is 1. The molecule has 0 amide bonds. The maximum absolute atomic E-state index is 11.6. The van der Waals surface area contributed by atoms with Crippen LogP contribution in [0, 0.1) is 0 Å². The fourth-order valence-corrected chi connectivity index (χ4v) is 4.91. The molecule has 0 atom stereocenters. The molecule has 1 aliphatic rings. The van der Waals surface area contributed by atoms with Crippen molar-refractivity contribution in [2.75, 3.05) is 5.75 Å². The number of phenolic OH excluding ortho intramolecular Hbond substituents is 1. The van der Waals surface area contributed by atoms with Crippen LogP contribution in [0.4, 0.5) is 0 Å². The molecule has 0 aliphatic carbocycles. The van der Waals surface area contributed by atoms with Crippen molar-refractivity contribution in [3.8, 4) is 16.3 Å². The van der Waals surface area contributed by atoms with Gasteiger partial charge in [0, 0.05) is 11.3 Å². The molecule has 0 unspecified atom stereocenters. The molecule has 2 heterocycles. The van der Waals surface area contributed by atoms with Gasteiger partial charge < -0.3 is 5.11 Å². The molecular weight excluding hydrogens is 270 g/mol. The fraction of sp³-hybridized carbons (Fsp3) is 0.250. The Morgan fingerprint density at radius 3 is 2.83 bits per heavy atom. The lowest BCUT2D eigenvalue weighted by atomic mass is 10.2. The number of nitrogens with zero attached hydrogens (tertiary/aromatic N) is 1. The smallest absolute Gasteiger partial charge is 0.155 e. The predicted octanol–water partition coefficient (Wildman–Crippen LogP) is 1.99. The predicted molar refractivity (Wildman–Crippen MR) is 70.4 cm³/mol. The molecule has 0 fully saturated rings. The van der Waals surface area contributed by atoms with Crippen molar-refractivity contribution in [2.24, 2.45) is 0 Å². The Morgan fingerprint density at radius 1 is 1.28 bits per heavy atom. The lowest BCUT2D eigenvalue weighted by Crippen LogP contribution is -2.17. The van der Waals surface area contributed by atoms with E-state index in [1.54, 1.807) is 18.2 Å². The molecule has 0 saturated carbocycles. The first-order valence-electron chi connectivity index (χ1n) is 5.52. The van der Waals surface area contributed by atoms with E-state index in [1.165, 1.54) is 11.3 Å². The van der Waals surface area contributed by atoms with E-state index in [0.29, 0.717) is 17.0 Å². The Bertz CT molecular complexity index is 704. The van der Waals surface area contributed by atoms with Gasteiger partial charge in [0.25, 0.3) is 0 Å². The lowest BCUT2D eigenvalue weighted by molar-refractivity contribution is 0.477. The number of fused-ring (bicyclic) bond motifs is 1. The van der Waals surface area contributed by atoms with Gasteiger partial charge in [-0.15, -0.1) is 11.3 Å². The molecule has 0 saturated heterocycles. The van der Waals surface area contributed by atoms with Crippen LogP contribution >= 0.6 is 11.3 Å². The van der Waals surface area contributed by atoms with Gasteiger partial charge in [-0.05, 0) is 12.1 Å². The van der Waals surface area contributed by atoms with Gasteiger partial charge in [0.2, 0.25) is 0 Å². The normalized spacial score (nSPS) is 17.3. The SMILES string of the molecule is O=S1(=O)CCc2nc(-c3ccccc3O)sc2C1. The lowest BCUT2D eigenvalue weighted by Gasteiger charge is -2.09. The number of rotatable bonds is 1. The van der Waals surface area contributed by atoms with E-state index in [2.05, 4.69) is 4.98 Å². The molecule has 1 aliphatic heterocycles. The Balaban J connectivity index is 2.07. The van der Waals surface area contributed by atoms with Gasteiger partial charge in [-0.3, -0.25) is 0 Å². The monoisotopic (exact) mass is 281 g/mol. The number of hydrogen-bond acceptors (Lipinski definition) is 5. The van der Waals surface area contributed by atoms with Gasteiger partial charge in [0.15, 0.2) is 9.84 Å². The second-order valence-electron chi connectivity index (χ2n) is 4.25. The Kier molecular flexibility index (Phi) is 2.64. The van der Waals surface area contributed by atoms with E-state index in [4.69, 9.17) is 0 Å². The number of thiazole rings is 1. The Morgan fingerprint density at radius 2 is 2.06 bits per heavy atom. The Hall–Kier alpha value is -1.40. The molecule has 94 valence electrons. The molecular formula is C12H11NO3S2. The van der Waals surface area contributed by atoms with Gasteiger partial charge in [-0.2, -0.15) is 0 Å². The third-order valence-corrected chi connectivity index (χ3v) is 5.78. The van der Waals surface area contributed by atoms with Gasteiger partial charge in [-0.25, -0.2) is 13.4 Å². The summed E-state index contributed by atoms with van der Waals surface area (Å²) < 4.78 is 23.1. The fourth-order valence-electron chi connectivity index (χ4n) is 1.99. The van der Waals surface area contributed by atoms with Crippen LogP contribution in [-0.2, 0) is 22.0 Å². The number of aromatic nitrogens is 1. The van der Waals surface area contributed by atoms with Crippen LogP contribution in [0.5, 0.6) is 5.75 Å². The van der Waals surface area contributed by atoms with Crippen molar-refractivity contribution in [1.29, 1.82) is 0 Å². The second-order valence-corrected chi connectivity index (χ2v) is 7.52. The summed E-state index contributed by atoms with van der Waals surface area (Å²) in [4.78, 5) is 5.25. The summed E-state index contributed by atoms with van der Waals surface area (Å²) in [5, 5.41) is 10.5. The van der Waals surface area contributed by atoms with Crippen LogP contribution in [0.3, 0.4) is 0 Å². The average molecular weight is 281 g/mol. The number of aryl methyl sites for hydroxylation is 1. The number of hydrogen-bond donors (Lipinski definition) is 1. The largest absolute Gasteiger partial charge is 0.507 e. The topological polar surface area (TPSA) is 67.3 Å². The van der Waals surface area contributed by atoms with Gasteiger partial charge in [0.1, 0.15) is 10.8 Å². The minimum Gasteiger partial charge on any atom is -0.507 e. The highest BCUT2D eigenvalue weighted by atomic mass is 32.2. The summed E-state index contributed by atoms with van der Waals surface area (Å²) in [5.74, 6) is 0.420. The van der Waals surface area contributed by atoms with Crippen LogP contribution in [0.2, 0.25) is 0 Å². The summed E-state index contributed by atoms with van der Waals surface area (Å²) in [5.41, 5.74) is 1.52. The van der Waals surface area contributed by atoms with E-state index < -0.39 is 9.84 Å².